The second kappa shape index (κ2) is 6.35. The number of amides is 2. The van der Waals surface area contributed by atoms with E-state index in [-0.39, 0.29) is 30.2 Å². The van der Waals surface area contributed by atoms with Crippen LogP contribution in [-0.4, -0.2) is 35.0 Å². The zero-order valence-corrected chi connectivity index (χ0v) is 14.2. The average molecular weight is 339 g/mol. The Morgan fingerprint density at radius 2 is 2.08 bits per heavy atom. The normalized spacial score (nSPS) is 23.5. The van der Waals surface area contributed by atoms with Crippen molar-refractivity contribution in [3.05, 3.63) is 47.9 Å². The zero-order chi connectivity index (χ0) is 17.4. The third-order valence-electron chi connectivity index (χ3n) is 5.07. The Morgan fingerprint density at radius 1 is 1.28 bits per heavy atom. The summed E-state index contributed by atoms with van der Waals surface area (Å²) in [6.45, 7) is 3.01. The van der Waals surface area contributed by atoms with Gasteiger partial charge in [-0.05, 0) is 31.9 Å². The molecule has 0 spiro atoms. The molecule has 1 aromatic carbocycles. The molecule has 0 radical (unpaired) electrons. The van der Waals surface area contributed by atoms with Crippen LogP contribution >= 0.6 is 0 Å². The lowest BCUT2D eigenvalue weighted by Crippen LogP contribution is -2.37. The van der Waals surface area contributed by atoms with Crippen molar-refractivity contribution in [2.75, 3.05) is 18.0 Å². The third-order valence-corrected chi connectivity index (χ3v) is 5.07. The summed E-state index contributed by atoms with van der Waals surface area (Å²) >= 11 is 0. The number of hydrogen-bond donors (Lipinski definition) is 0. The van der Waals surface area contributed by atoms with Crippen molar-refractivity contribution in [3.8, 4) is 0 Å². The second-order valence-corrected chi connectivity index (χ2v) is 6.79. The second-order valence-electron chi connectivity index (χ2n) is 6.79. The first kappa shape index (κ1) is 15.9. The van der Waals surface area contributed by atoms with Crippen molar-refractivity contribution >= 4 is 17.5 Å². The highest BCUT2D eigenvalue weighted by Crippen LogP contribution is 2.35. The maximum absolute atomic E-state index is 13.0. The lowest BCUT2D eigenvalue weighted by Gasteiger charge is -2.26. The molecule has 2 saturated heterocycles. The van der Waals surface area contributed by atoms with Crippen LogP contribution in [0.4, 0.5) is 5.69 Å². The van der Waals surface area contributed by atoms with Crippen LogP contribution in [0.2, 0.25) is 0 Å². The van der Waals surface area contributed by atoms with Crippen molar-refractivity contribution in [2.45, 2.75) is 32.2 Å². The zero-order valence-electron chi connectivity index (χ0n) is 14.2. The Hall–Kier alpha value is -2.63. The highest BCUT2D eigenvalue weighted by atomic mass is 16.5. The SMILES string of the molecule is Cc1cc(C2CCCN2C(=O)C2CC(=O)N(c3ccccc3)C2)no1. The first-order chi connectivity index (χ1) is 12.1. The number of anilines is 1. The van der Waals surface area contributed by atoms with Gasteiger partial charge in [0, 0.05) is 31.3 Å². The molecule has 2 unspecified atom stereocenters. The number of aromatic nitrogens is 1. The van der Waals surface area contributed by atoms with Gasteiger partial charge >= 0.3 is 0 Å². The van der Waals surface area contributed by atoms with Crippen LogP contribution in [0.1, 0.15) is 36.8 Å². The molecule has 130 valence electrons. The molecule has 1 aromatic heterocycles. The molecule has 0 N–H and O–H groups in total. The minimum absolute atomic E-state index is 0.0116. The number of likely N-dealkylation sites (tertiary alicyclic amines) is 1. The smallest absolute Gasteiger partial charge is 0.228 e. The van der Waals surface area contributed by atoms with E-state index in [9.17, 15) is 9.59 Å². The number of rotatable bonds is 3. The van der Waals surface area contributed by atoms with Gasteiger partial charge in [0.15, 0.2) is 0 Å². The summed E-state index contributed by atoms with van der Waals surface area (Å²) in [6, 6.07) is 11.4. The van der Waals surface area contributed by atoms with Crippen LogP contribution in [0.5, 0.6) is 0 Å². The van der Waals surface area contributed by atoms with Gasteiger partial charge in [-0.1, -0.05) is 23.4 Å². The van der Waals surface area contributed by atoms with Gasteiger partial charge in [-0.15, -0.1) is 0 Å². The van der Waals surface area contributed by atoms with Gasteiger partial charge in [-0.25, -0.2) is 0 Å². The van der Waals surface area contributed by atoms with Crippen LogP contribution in [0.15, 0.2) is 40.9 Å². The van der Waals surface area contributed by atoms with Crippen LogP contribution in [0, 0.1) is 12.8 Å². The molecule has 2 aromatic rings. The summed E-state index contributed by atoms with van der Waals surface area (Å²) in [5, 5.41) is 4.09. The molecule has 0 aliphatic carbocycles. The highest BCUT2D eigenvalue weighted by molar-refractivity contribution is 6.00. The maximum atomic E-state index is 13.0. The average Bonchev–Trinajstić information content (AvgIpc) is 3.34. The molecule has 4 rings (SSSR count). The number of benzene rings is 1. The quantitative estimate of drug-likeness (QED) is 0.862. The van der Waals surface area contributed by atoms with Crippen LogP contribution < -0.4 is 4.90 Å². The Bertz CT molecular complexity index is 786. The third kappa shape index (κ3) is 2.92. The van der Waals surface area contributed by atoms with Gasteiger partial charge in [0.2, 0.25) is 11.8 Å². The molecular weight excluding hydrogens is 318 g/mol. The van der Waals surface area contributed by atoms with E-state index in [2.05, 4.69) is 5.16 Å². The van der Waals surface area contributed by atoms with Crippen LogP contribution in [-0.2, 0) is 9.59 Å². The number of para-hydroxylation sites is 1. The van der Waals surface area contributed by atoms with E-state index in [1.807, 2.05) is 48.2 Å². The Kier molecular flexibility index (Phi) is 4.03. The number of nitrogens with zero attached hydrogens (tertiary/aromatic N) is 3. The number of carbonyl (C=O) groups excluding carboxylic acids is 2. The molecule has 2 fully saturated rings. The molecule has 0 saturated carbocycles. The predicted octanol–water partition coefficient (Wildman–Crippen LogP) is 2.70. The first-order valence-electron chi connectivity index (χ1n) is 8.72. The molecule has 2 atom stereocenters. The Labute approximate surface area is 146 Å². The van der Waals surface area contributed by atoms with E-state index in [1.54, 1.807) is 4.90 Å². The van der Waals surface area contributed by atoms with Gasteiger partial charge in [0.05, 0.1) is 12.0 Å². The van der Waals surface area contributed by atoms with E-state index >= 15 is 0 Å². The summed E-state index contributed by atoms with van der Waals surface area (Å²) in [5.74, 6) is 0.523. The monoisotopic (exact) mass is 339 g/mol. The number of carbonyl (C=O) groups is 2. The standard InChI is InChI=1S/C19H21N3O3/c1-13-10-16(20-25-13)17-8-5-9-21(17)19(24)14-11-18(23)22(12-14)15-6-3-2-4-7-15/h2-4,6-7,10,14,17H,5,8-9,11-12H2,1H3. The predicted molar refractivity (Wildman–Crippen MR) is 91.8 cm³/mol. The van der Waals surface area contributed by atoms with Crippen molar-refractivity contribution in [2.24, 2.45) is 5.92 Å². The van der Waals surface area contributed by atoms with Gasteiger partial charge in [0.1, 0.15) is 11.5 Å². The van der Waals surface area contributed by atoms with Crippen molar-refractivity contribution < 1.29 is 14.1 Å². The van der Waals surface area contributed by atoms with E-state index in [0.29, 0.717) is 13.1 Å². The minimum Gasteiger partial charge on any atom is -0.361 e. The lowest BCUT2D eigenvalue weighted by molar-refractivity contribution is -0.136. The summed E-state index contributed by atoms with van der Waals surface area (Å²) in [6.07, 6.45) is 2.11. The fourth-order valence-corrected chi connectivity index (χ4v) is 3.85. The fraction of sp³-hybridized carbons (Fsp3) is 0.421. The fourth-order valence-electron chi connectivity index (χ4n) is 3.85. The summed E-state index contributed by atoms with van der Waals surface area (Å²) in [7, 11) is 0. The number of hydrogen-bond acceptors (Lipinski definition) is 4. The highest BCUT2D eigenvalue weighted by Gasteiger charge is 2.41. The molecule has 6 heteroatoms. The maximum Gasteiger partial charge on any atom is 0.228 e. The van der Waals surface area contributed by atoms with Gasteiger partial charge in [-0.2, -0.15) is 0 Å². The number of aryl methyl sites for hydroxylation is 1. The van der Waals surface area contributed by atoms with E-state index < -0.39 is 0 Å². The van der Waals surface area contributed by atoms with Crippen molar-refractivity contribution in [3.63, 3.8) is 0 Å². The molecule has 2 aliphatic heterocycles. The van der Waals surface area contributed by atoms with Crippen LogP contribution in [0.3, 0.4) is 0 Å². The summed E-state index contributed by atoms with van der Waals surface area (Å²) < 4.78 is 5.17. The molecule has 2 aliphatic rings. The molecule has 0 bridgehead atoms. The lowest BCUT2D eigenvalue weighted by atomic mass is 10.1. The van der Waals surface area contributed by atoms with E-state index in [1.165, 1.54) is 0 Å². The molecule has 2 amide bonds. The molecule has 25 heavy (non-hydrogen) atoms. The van der Waals surface area contributed by atoms with Crippen molar-refractivity contribution in [1.82, 2.24) is 10.1 Å². The molecular formula is C19H21N3O3. The van der Waals surface area contributed by atoms with E-state index in [0.717, 1.165) is 30.0 Å². The summed E-state index contributed by atoms with van der Waals surface area (Å²) in [4.78, 5) is 29.0. The Morgan fingerprint density at radius 3 is 2.80 bits per heavy atom. The summed E-state index contributed by atoms with van der Waals surface area (Å²) in [5.41, 5.74) is 1.67. The topological polar surface area (TPSA) is 66.7 Å². The Balaban J connectivity index is 1.50. The molecule has 3 heterocycles. The molecule has 6 nitrogen and oxygen atoms in total. The largest absolute Gasteiger partial charge is 0.361 e. The van der Waals surface area contributed by atoms with Crippen LogP contribution in [0.25, 0.3) is 0 Å². The van der Waals surface area contributed by atoms with E-state index in [4.69, 9.17) is 4.52 Å². The van der Waals surface area contributed by atoms with Crippen molar-refractivity contribution in [1.29, 1.82) is 0 Å². The van der Waals surface area contributed by atoms with Gasteiger partial charge in [0.25, 0.3) is 0 Å². The van der Waals surface area contributed by atoms with Gasteiger partial charge in [-0.3, -0.25) is 9.59 Å². The minimum atomic E-state index is -0.290. The van der Waals surface area contributed by atoms with Gasteiger partial charge < -0.3 is 14.3 Å². The first-order valence-corrected chi connectivity index (χ1v) is 8.72.